The lowest BCUT2D eigenvalue weighted by Gasteiger charge is -2.41. The molecule has 0 saturated heterocycles. The summed E-state index contributed by atoms with van der Waals surface area (Å²) in [6, 6.07) is 4.12. The van der Waals surface area contributed by atoms with E-state index in [2.05, 4.69) is 37.2 Å². The zero-order valence-corrected chi connectivity index (χ0v) is 12.3. The molecule has 0 aliphatic heterocycles. The molecule has 0 spiro atoms. The van der Waals surface area contributed by atoms with Gasteiger partial charge in [-0.1, -0.05) is 15.9 Å². The summed E-state index contributed by atoms with van der Waals surface area (Å²) < 4.78 is 13.7. The first kappa shape index (κ1) is 13.0. The lowest BCUT2D eigenvalue weighted by atomic mass is 9.78. The van der Waals surface area contributed by atoms with Crippen LogP contribution in [0.5, 0.6) is 0 Å². The number of alkyl halides is 1. The van der Waals surface area contributed by atoms with Gasteiger partial charge in [0.25, 0.3) is 5.91 Å². The second kappa shape index (κ2) is 5.06. The normalized spacial score (nSPS) is 17.4. The fourth-order valence-corrected chi connectivity index (χ4v) is 3.00. The molecule has 2 nitrogen and oxygen atoms in total. The summed E-state index contributed by atoms with van der Waals surface area (Å²) in [5.41, 5.74) is 0.195. The number of carbonyl (C=O) groups excluding carboxylic acids is 1. The van der Waals surface area contributed by atoms with Crippen molar-refractivity contribution in [2.45, 2.75) is 24.8 Å². The smallest absolute Gasteiger partial charge is 0.252 e. The summed E-state index contributed by atoms with van der Waals surface area (Å²) >= 11 is 6.68. The molecule has 0 heterocycles. The maximum atomic E-state index is 13.1. The first-order valence-electron chi connectivity index (χ1n) is 5.40. The van der Waals surface area contributed by atoms with Crippen LogP contribution < -0.4 is 5.32 Å². The van der Waals surface area contributed by atoms with Crippen molar-refractivity contribution in [2.24, 2.45) is 0 Å². The molecule has 1 N–H and O–H groups in total. The fraction of sp³-hybridized carbons (Fsp3) is 0.417. The average molecular weight is 365 g/mol. The number of amides is 1. The van der Waals surface area contributed by atoms with Crippen LogP contribution >= 0.6 is 31.9 Å². The molecular weight excluding hydrogens is 353 g/mol. The van der Waals surface area contributed by atoms with E-state index in [1.165, 1.54) is 12.1 Å². The molecule has 0 bridgehead atoms. The van der Waals surface area contributed by atoms with Gasteiger partial charge in [0.05, 0.1) is 11.1 Å². The van der Waals surface area contributed by atoms with Crippen molar-refractivity contribution < 1.29 is 9.18 Å². The van der Waals surface area contributed by atoms with Gasteiger partial charge < -0.3 is 5.32 Å². The first-order chi connectivity index (χ1) is 8.06. The molecule has 1 aromatic rings. The highest BCUT2D eigenvalue weighted by Crippen LogP contribution is 2.34. The van der Waals surface area contributed by atoms with Crippen molar-refractivity contribution in [2.75, 3.05) is 5.33 Å². The third kappa shape index (κ3) is 2.71. The molecule has 1 amide bonds. The highest BCUT2D eigenvalue weighted by molar-refractivity contribution is 9.10. The van der Waals surface area contributed by atoms with Gasteiger partial charge >= 0.3 is 0 Å². The number of hydrogen-bond donors (Lipinski definition) is 1. The van der Waals surface area contributed by atoms with E-state index in [9.17, 15) is 9.18 Å². The van der Waals surface area contributed by atoms with Gasteiger partial charge in [-0.05, 0) is 53.4 Å². The number of carbonyl (C=O) groups is 1. The van der Waals surface area contributed by atoms with Crippen molar-refractivity contribution in [1.29, 1.82) is 0 Å². The summed E-state index contributed by atoms with van der Waals surface area (Å²) in [4.78, 5) is 12.1. The number of hydrogen-bond acceptors (Lipinski definition) is 1. The molecule has 5 heteroatoms. The minimum absolute atomic E-state index is 0.150. The molecule has 0 unspecified atom stereocenters. The maximum absolute atomic E-state index is 13.1. The molecule has 1 aliphatic carbocycles. The molecule has 1 aromatic carbocycles. The topological polar surface area (TPSA) is 29.1 Å². The summed E-state index contributed by atoms with van der Waals surface area (Å²) in [6.45, 7) is 0. The SMILES string of the molecule is O=C(NC1(CBr)CCC1)c1cc(F)ccc1Br. The van der Waals surface area contributed by atoms with Gasteiger partial charge in [0.1, 0.15) is 5.82 Å². The van der Waals surface area contributed by atoms with Gasteiger partial charge in [0.15, 0.2) is 0 Å². The van der Waals surface area contributed by atoms with Gasteiger partial charge in [-0.2, -0.15) is 0 Å². The number of rotatable bonds is 3. The Morgan fingerprint density at radius 2 is 2.18 bits per heavy atom. The molecule has 0 atom stereocenters. The van der Waals surface area contributed by atoms with Crippen LogP contribution in [0.3, 0.4) is 0 Å². The monoisotopic (exact) mass is 363 g/mol. The van der Waals surface area contributed by atoms with Crippen LogP contribution in [-0.4, -0.2) is 16.8 Å². The maximum Gasteiger partial charge on any atom is 0.252 e. The molecule has 92 valence electrons. The third-order valence-corrected chi connectivity index (χ3v) is 4.88. The first-order valence-corrected chi connectivity index (χ1v) is 7.31. The quantitative estimate of drug-likeness (QED) is 0.815. The van der Waals surface area contributed by atoms with E-state index in [0.29, 0.717) is 10.0 Å². The summed E-state index contributed by atoms with van der Waals surface area (Å²) in [7, 11) is 0. The van der Waals surface area contributed by atoms with Gasteiger partial charge in [0.2, 0.25) is 0 Å². The third-order valence-electron chi connectivity index (χ3n) is 3.12. The Bertz CT molecular complexity index is 441. The zero-order chi connectivity index (χ0) is 12.5. The van der Waals surface area contributed by atoms with Crippen LogP contribution in [-0.2, 0) is 0 Å². The van der Waals surface area contributed by atoms with Crippen LogP contribution in [0.25, 0.3) is 0 Å². The Morgan fingerprint density at radius 1 is 1.47 bits per heavy atom. The predicted molar refractivity (Wildman–Crippen MR) is 71.9 cm³/mol. The Labute approximate surface area is 116 Å². The second-order valence-electron chi connectivity index (χ2n) is 4.35. The van der Waals surface area contributed by atoms with Crippen LogP contribution in [0, 0.1) is 5.82 Å². The van der Waals surface area contributed by atoms with E-state index in [4.69, 9.17) is 0 Å². The molecule has 1 fully saturated rings. The summed E-state index contributed by atoms with van der Waals surface area (Å²) in [5.74, 6) is -0.629. The van der Waals surface area contributed by atoms with Gasteiger partial charge in [-0.15, -0.1) is 0 Å². The summed E-state index contributed by atoms with van der Waals surface area (Å²) in [6.07, 6.45) is 3.06. The Hall–Kier alpha value is -0.420. The van der Waals surface area contributed by atoms with E-state index in [0.717, 1.165) is 24.6 Å². The molecule has 0 aromatic heterocycles. The van der Waals surface area contributed by atoms with E-state index in [1.807, 2.05) is 0 Å². The molecular formula is C12H12Br2FNO. The molecule has 2 rings (SSSR count). The van der Waals surface area contributed by atoms with Gasteiger partial charge in [0, 0.05) is 9.80 Å². The Balaban J connectivity index is 2.17. The van der Waals surface area contributed by atoms with Crippen molar-refractivity contribution >= 4 is 37.8 Å². The van der Waals surface area contributed by atoms with E-state index < -0.39 is 5.82 Å². The van der Waals surface area contributed by atoms with E-state index in [-0.39, 0.29) is 11.4 Å². The summed E-state index contributed by atoms with van der Waals surface area (Å²) in [5, 5.41) is 3.72. The predicted octanol–water partition coefficient (Wildman–Crippen LogP) is 3.64. The van der Waals surface area contributed by atoms with Crippen molar-refractivity contribution in [3.63, 3.8) is 0 Å². The zero-order valence-electron chi connectivity index (χ0n) is 9.10. The standard InChI is InChI=1S/C12H12Br2FNO/c13-7-12(4-1-5-12)16-11(17)9-6-8(15)2-3-10(9)14/h2-3,6H,1,4-5,7H2,(H,16,17). The highest BCUT2D eigenvalue weighted by Gasteiger charge is 2.37. The molecule has 0 radical (unpaired) electrons. The van der Waals surface area contributed by atoms with Crippen molar-refractivity contribution in [3.05, 3.63) is 34.1 Å². The van der Waals surface area contributed by atoms with Gasteiger partial charge in [-0.3, -0.25) is 4.79 Å². The van der Waals surface area contributed by atoms with Crippen LogP contribution in [0.4, 0.5) is 4.39 Å². The minimum atomic E-state index is -0.403. The molecule has 17 heavy (non-hydrogen) atoms. The fourth-order valence-electron chi connectivity index (χ4n) is 1.88. The van der Waals surface area contributed by atoms with Crippen LogP contribution in [0.1, 0.15) is 29.6 Å². The molecule has 1 aliphatic rings. The largest absolute Gasteiger partial charge is 0.346 e. The number of nitrogens with one attached hydrogen (secondary N) is 1. The van der Waals surface area contributed by atoms with Crippen molar-refractivity contribution in [3.8, 4) is 0 Å². The second-order valence-corrected chi connectivity index (χ2v) is 5.76. The van der Waals surface area contributed by atoms with E-state index >= 15 is 0 Å². The minimum Gasteiger partial charge on any atom is -0.346 e. The highest BCUT2D eigenvalue weighted by atomic mass is 79.9. The van der Waals surface area contributed by atoms with E-state index in [1.54, 1.807) is 6.07 Å². The lowest BCUT2D eigenvalue weighted by Crippen LogP contribution is -2.54. The number of halogens is 3. The van der Waals surface area contributed by atoms with Gasteiger partial charge in [-0.25, -0.2) is 4.39 Å². The molecule has 1 saturated carbocycles. The Kier molecular flexibility index (Phi) is 3.88. The lowest BCUT2D eigenvalue weighted by molar-refractivity contribution is 0.0855. The van der Waals surface area contributed by atoms with Crippen LogP contribution in [0.2, 0.25) is 0 Å². The van der Waals surface area contributed by atoms with Crippen molar-refractivity contribution in [1.82, 2.24) is 5.32 Å². The number of benzene rings is 1. The Morgan fingerprint density at radius 3 is 2.71 bits per heavy atom. The average Bonchev–Trinajstić information content (AvgIpc) is 2.26. The van der Waals surface area contributed by atoms with Crippen LogP contribution in [0.15, 0.2) is 22.7 Å².